The molecule has 116 valence electrons. The topological polar surface area (TPSA) is 55.3 Å². The molecule has 1 saturated heterocycles. The standard InChI is InChI=1S/C15H23N3O2S/c1-9-6-18(7-10(2)20-9)14(19)8-21-15-16-12(4)11(3)13(5)17-15/h9-10H,6-8H2,1-5H3/t9-,10-/m1/s1. The van der Waals surface area contributed by atoms with Gasteiger partial charge in [0.2, 0.25) is 5.91 Å². The van der Waals surface area contributed by atoms with E-state index in [0.29, 0.717) is 24.0 Å². The van der Waals surface area contributed by atoms with Crippen LogP contribution in [0.3, 0.4) is 0 Å². The number of amides is 1. The Balaban J connectivity index is 1.95. The molecule has 0 N–H and O–H groups in total. The largest absolute Gasteiger partial charge is 0.372 e. The molecule has 1 fully saturated rings. The molecule has 1 aromatic heterocycles. The van der Waals surface area contributed by atoms with Gasteiger partial charge in [-0.15, -0.1) is 0 Å². The summed E-state index contributed by atoms with van der Waals surface area (Å²) in [5, 5.41) is 0.679. The number of ether oxygens (including phenoxy) is 1. The number of thioether (sulfide) groups is 1. The van der Waals surface area contributed by atoms with Crippen LogP contribution in [0, 0.1) is 20.8 Å². The van der Waals surface area contributed by atoms with Crippen molar-refractivity contribution >= 4 is 17.7 Å². The van der Waals surface area contributed by atoms with Crippen LogP contribution < -0.4 is 0 Å². The summed E-state index contributed by atoms with van der Waals surface area (Å²) >= 11 is 1.41. The van der Waals surface area contributed by atoms with E-state index in [4.69, 9.17) is 4.74 Å². The lowest BCUT2D eigenvalue weighted by Gasteiger charge is -2.35. The summed E-state index contributed by atoms with van der Waals surface area (Å²) in [5.74, 6) is 0.503. The highest BCUT2D eigenvalue weighted by atomic mass is 32.2. The van der Waals surface area contributed by atoms with E-state index in [1.165, 1.54) is 11.8 Å². The van der Waals surface area contributed by atoms with Crippen LogP contribution in [0.5, 0.6) is 0 Å². The van der Waals surface area contributed by atoms with E-state index in [1.54, 1.807) is 0 Å². The average molecular weight is 309 g/mol. The van der Waals surface area contributed by atoms with Crippen molar-refractivity contribution in [3.05, 3.63) is 17.0 Å². The van der Waals surface area contributed by atoms with Gasteiger partial charge in [0.1, 0.15) is 0 Å². The molecule has 1 aliphatic heterocycles. The highest BCUT2D eigenvalue weighted by Crippen LogP contribution is 2.19. The maximum Gasteiger partial charge on any atom is 0.233 e. The van der Waals surface area contributed by atoms with Crippen molar-refractivity contribution in [1.82, 2.24) is 14.9 Å². The fourth-order valence-corrected chi connectivity index (χ4v) is 3.24. The van der Waals surface area contributed by atoms with Gasteiger partial charge < -0.3 is 9.64 Å². The van der Waals surface area contributed by atoms with Gasteiger partial charge in [0.15, 0.2) is 5.16 Å². The number of morpholine rings is 1. The summed E-state index contributed by atoms with van der Waals surface area (Å²) in [4.78, 5) is 23.0. The summed E-state index contributed by atoms with van der Waals surface area (Å²) in [5.41, 5.74) is 3.07. The Morgan fingerprint density at radius 3 is 2.24 bits per heavy atom. The molecule has 21 heavy (non-hydrogen) atoms. The van der Waals surface area contributed by atoms with E-state index in [1.807, 2.05) is 39.5 Å². The number of aryl methyl sites for hydroxylation is 2. The maximum atomic E-state index is 12.3. The van der Waals surface area contributed by atoms with E-state index in [0.717, 1.165) is 17.0 Å². The molecule has 2 heterocycles. The van der Waals surface area contributed by atoms with Crippen LogP contribution in [0.4, 0.5) is 0 Å². The Morgan fingerprint density at radius 1 is 1.19 bits per heavy atom. The molecule has 1 aliphatic rings. The quantitative estimate of drug-likeness (QED) is 0.632. The molecule has 0 unspecified atom stereocenters. The third-order valence-electron chi connectivity index (χ3n) is 3.71. The number of carbonyl (C=O) groups is 1. The number of hydrogen-bond donors (Lipinski definition) is 0. The third kappa shape index (κ3) is 4.17. The van der Waals surface area contributed by atoms with Crippen molar-refractivity contribution in [3.63, 3.8) is 0 Å². The van der Waals surface area contributed by atoms with Crippen LogP contribution in [0.15, 0.2) is 5.16 Å². The number of hydrogen-bond acceptors (Lipinski definition) is 5. The Kier molecular flexibility index (Phi) is 5.22. The summed E-state index contributed by atoms with van der Waals surface area (Å²) in [6.07, 6.45) is 0.200. The van der Waals surface area contributed by atoms with Crippen LogP contribution in [0.1, 0.15) is 30.8 Å². The Hall–Kier alpha value is -1.14. The molecule has 0 spiro atoms. The highest BCUT2D eigenvalue weighted by Gasteiger charge is 2.25. The van der Waals surface area contributed by atoms with Gasteiger partial charge in [0.05, 0.1) is 18.0 Å². The van der Waals surface area contributed by atoms with Gasteiger partial charge in [-0.2, -0.15) is 0 Å². The fraction of sp³-hybridized carbons (Fsp3) is 0.667. The SMILES string of the molecule is Cc1nc(SCC(=O)N2C[C@@H](C)O[C@H](C)C2)nc(C)c1C. The minimum Gasteiger partial charge on any atom is -0.372 e. The minimum atomic E-state index is 0.0998. The summed E-state index contributed by atoms with van der Waals surface area (Å²) in [7, 11) is 0. The van der Waals surface area contributed by atoms with Crippen LogP contribution >= 0.6 is 11.8 Å². The predicted octanol–water partition coefficient (Wildman–Crippen LogP) is 2.13. The van der Waals surface area contributed by atoms with E-state index in [2.05, 4.69) is 9.97 Å². The molecule has 6 heteroatoms. The molecule has 0 radical (unpaired) electrons. The van der Waals surface area contributed by atoms with Crippen molar-refractivity contribution in [2.45, 2.75) is 52.0 Å². The Labute approximate surface area is 130 Å². The normalized spacial score (nSPS) is 22.4. The number of aromatic nitrogens is 2. The summed E-state index contributed by atoms with van der Waals surface area (Å²) in [6, 6.07) is 0. The number of rotatable bonds is 3. The molecular weight excluding hydrogens is 286 g/mol. The van der Waals surface area contributed by atoms with Crippen molar-refractivity contribution in [2.75, 3.05) is 18.8 Å². The van der Waals surface area contributed by atoms with E-state index < -0.39 is 0 Å². The second-order valence-electron chi connectivity index (χ2n) is 5.65. The molecule has 1 aromatic rings. The van der Waals surface area contributed by atoms with Crippen molar-refractivity contribution in [2.24, 2.45) is 0 Å². The summed E-state index contributed by atoms with van der Waals surface area (Å²) in [6.45, 7) is 11.3. The zero-order valence-electron chi connectivity index (χ0n) is 13.3. The second kappa shape index (κ2) is 6.75. The average Bonchev–Trinajstić information content (AvgIpc) is 2.40. The first kappa shape index (κ1) is 16.2. The van der Waals surface area contributed by atoms with Crippen molar-refractivity contribution in [3.8, 4) is 0 Å². The molecule has 1 amide bonds. The molecule has 0 saturated carbocycles. The number of nitrogens with zero attached hydrogens (tertiary/aromatic N) is 3. The highest BCUT2D eigenvalue weighted by molar-refractivity contribution is 7.99. The van der Waals surface area contributed by atoms with Crippen molar-refractivity contribution in [1.29, 1.82) is 0 Å². The van der Waals surface area contributed by atoms with E-state index in [-0.39, 0.29) is 18.1 Å². The summed E-state index contributed by atoms with van der Waals surface area (Å²) < 4.78 is 5.65. The van der Waals surface area contributed by atoms with Gasteiger partial charge in [-0.25, -0.2) is 9.97 Å². The first-order chi connectivity index (χ1) is 9.86. The van der Waals surface area contributed by atoms with Crippen LogP contribution in [-0.4, -0.2) is 51.8 Å². The third-order valence-corrected chi connectivity index (χ3v) is 4.54. The smallest absolute Gasteiger partial charge is 0.233 e. The Bertz CT molecular complexity index is 503. The van der Waals surface area contributed by atoms with Gasteiger partial charge in [0.25, 0.3) is 0 Å². The molecule has 0 bridgehead atoms. The maximum absolute atomic E-state index is 12.3. The molecule has 0 aromatic carbocycles. The first-order valence-corrected chi connectivity index (χ1v) is 8.23. The molecule has 2 atom stereocenters. The second-order valence-corrected chi connectivity index (χ2v) is 6.59. The molecule has 2 rings (SSSR count). The van der Waals surface area contributed by atoms with E-state index >= 15 is 0 Å². The zero-order valence-corrected chi connectivity index (χ0v) is 14.2. The number of carbonyl (C=O) groups excluding carboxylic acids is 1. The lowest BCUT2D eigenvalue weighted by molar-refractivity contribution is -0.140. The predicted molar refractivity (Wildman–Crippen MR) is 83.6 cm³/mol. The lowest BCUT2D eigenvalue weighted by Crippen LogP contribution is -2.48. The Morgan fingerprint density at radius 2 is 1.71 bits per heavy atom. The first-order valence-electron chi connectivity index (χ1n) is 7.24. The molecule has 5 nitrogen and oxygen atoms in total. The van der Waals surface area contributed by atoms with Crippen LogP contribution in [0.25, 0.3) is 0 Å². The fourth-order valence-electron chi connectivity index (χ4n) is 2.41. The monoisotopic (exact) mass is 309 g/mol. The van der Waals surface area contributed by atoms with Gasteiger partial charge in [-0.3, -0.25) is 4.79 Å². The lowest BCUT2D eigenvalue weighted by atomic mass is 10.2. The zero-order chi connectivity index (χ0) is 15.6. The van der Waals surface area contributed by atoms with Crippen molar-refractivity contribution < 1.29 is 9.53 Å². The van der Waals surface area contributed by atoms with Gasteiger partial charge in [0, 0.05) is 24.5 Å². The van der Waals surface area contributed by atoms with Gasteiger partial charge >= 0.3 is 0 Å². The van der Waals surface area contributed by atoms with Crippen LogP contribution in [-0.2, 0) is 9.53 Å². The minimum absolute atomic E-state index is 0.0998. The van der Waals surface area contributed by atoms with Gasteiger partial charge in [-0.05, 0) is 40.2 Å². The molecular formula is C15H23N3O2S. The molecule has 0 aliphatic carbocycles. The van der Waals surface area contributed by atoms with E-state index in [9.17, 15) is 4.79 Å². The van der Waals surface area contributed by atoms with Gasteiger partial charge in [-0.1, -0.05) is 11.8 Å². The van der Waals surface area contributed by atoms with Crippen LogP contribution in [0.2, 0.25) is 0 Å².